The van der Waals surface area contributed by atoms with Gasteiger partial charge in [-0.2, -0.15) is 0 Å². The summed E-state index contributed by atoms with van der Waals surface area (Å²) in [7, 11) is 0. The monoisotopic (exact) mass is 223 g/mol. The zero-order valence-electron chi connectivity index (χ0n) is 9.66. The number of nitrogens with one attached hydrogen (secondary N) is 1. The molecule has 1 aliphatic heterocycles. The van der Waals surface area contributed by atoms with Crippen LogP contribution in [0.4, 0.5) is 5.82 Å². The fourth-order valence-electron chi connectivity index (χ4n) is 1.73. The molecule has 88 valence electrons. The number of hydrogen-bond donors (Lipinski definition) is 2. The molecule has 1 aliphatic rings. The van der Waals surface area contributed by atoms with Crippen LogP contribution in [0.25, 0.3) is 0 Å². The van der Waals surface area contributed by atoms with Gasteiger partial charge in [-0.15, -0.1) is 0 Å². The normalized spacial score (nSPS) is 17.9. The van der Waals surface area contributed by atoms with Crippen LogP contribution in [-0.4, -0.2) is 41.4 Å². The standard InChI is InChI=1S/C11H17N3O2/c1-8-3-10(14-9(2)13-8)12-4-11(5-15)6-16-7-11/h3,15H,4-7H2,1-2H3,(H,12,13,14). The number of aliphatic hydroxyl groups excluding tert-OH is 1. The fraction of sp³-hybridized carbons (Fsp3) is 0.636. The van der Waals surface area contributed by atoms with Crippen molar-refractivity contribution < 1.29 is 9.84 Å². The lowest BCUT2D eigenvalue weighted by molar-refractivity contribution is -0.128. The van der Waals surface area contributed by atoms with Crippen LogP contribution in [0.15, 0.2) is 6.07 Å². The summed E-state index contributed by atoms with van der Waals surface area (Å²) in [4.78, 5) is 8.49. The molecule has 0 bridgehead atoms. The number of ether oxygens (including phenoxy) is 1. The predicted molar refractivity (Wildman–Crippen MR) is 60.3 cm³/mol. The van der Waals surface area contributed by atoms with Gasteiger partial charge in [0.25, 0.3) is 0 Å². The molecule has 16 heavy (non-hydrogen) atoms. The van der Waals surface area contributed by atoms with Crippen LogP contribution in [0.5, 0.6) is 0 Å². The largest absolute Gasteiger partial charge is 0.396 e. The van der Waals surface area contributed by atoms with E-state index >= 15 is 0 Å². The molecule has 0 unspecified atom stereocenters. The van der Waals surface area contributed by atoms with Crippen LogP contribution in [0, 0.1) is 19.3 Å². The van der Waals surface area contributed by atoms with Crippen molar-refractivity contribution in [3.05, 3.63) is 17.6 Å². The van der Waals surface area contributed by atoms with Gasteiger partial charge in [0.1, 0.15) is 11.6 Å². The molecule has 1 aromatic heterocycles. The van der Waals surface area contributed by atoms with Crippen molar-refractivity contribution in [2.24, 2.45) is 5.41 Å². The summed E-state index contributed by atoms with van der Waals surface area (Å²) in [5.74, 6) is 1.56. The lowest BCUT2D eigenvalue weighted by atomic mass is 9.87. The summed E-state index contributed by atoms with van der Waals surface area (Å²) in [6, 6.07) is 1.90. The Hall–Kier alpha value is -1.20. The topological polar surface area (TPSA) is 67.3 Å². The van der Waals surface area contributed by atoms with E-state index in [0.717, 1.165) is 17.3 Å². The molecule has 1 aromatic rings. The molecule has 1 saturated heterocycles. The highest BCUT2D eigenvalue weighted by Gasteiger charge is 2.37. The van der Waals surface area contributed by atoms with E-state index in [0.29, 0.717) is 19.8 Å². The Morgan fingerprint density at radius 3 is 2.69 bits per heavy atom. The second kappa shape index (κ2) is 4.35. The van der Waals surface area contributed by atoms with Crippen LogP contribution >= 0.6 is 0 Å². The number of nitrogens with zero attached hydrogens (tertiary/aromatic N) is 2. The molecule has 0 saturated carbocycles. The third-order valence-corrected chi connectivity index (χ3v) is 2.76. The average Bonchev–Trinajstić information content (AvgIpc) is 2.15. The van der Waals surface area contributed by atoms with Crippen molar-refractivity contribution >= 4 is 5.82 Å². The van der Waals surface area contributed by atoms with E-state index in [9.17, 15) is 5.11 Å². The first kappa shape index (κ1) is 11.3. The quantitative estimate of drug-likeness (QED) is 0.778. The summed E-state index contributed by atoms with van der Waals surface area (Å²) in [5.41, 5.74) is 0.810. The van der Waals surface area contributed by atoms with Gasteiger partial charge in [0.15, 0.2) is 0 Å². The molecule has 2 N–H and O–H groups in total. The maximum Gasteiger partial charge on any atom is 0.129 e. The second-order valence-electron chi connectivity index (χ2n) is 4.45. The molecule has 1 fully saturated rings. The van der Waals surface area contributed by atoms with E-state index in [1.807, 2.05) is 19.9 Å². The number of rotatable bonds is 4. The van der Waals surface area contributed by atoms with Crippen LogP contribution < -0.4 is 5.32 Å². The third-order valence-electron chi connectivity index (χ3n) is 2.76. The Labute approximate surface area is 94.9 Å². The maximum atomic E-state index is 9.27. The van der Waals surface area contributed by atoms with E-state index < -0.39 is 0 Å². The summed E-state index contributed by atoms with van der Waals surface area (Å²) < 4.78 is 5.13. The molecule has 0 aliphatic carbocycles. The number of aliphatic hydroxyl groups is 1. The first-order valence-electron chi connectivity index (χ1n) is 5.38. The van der Waals surface area contributed by atoms with Gasteiger partial charge in [-0.05, 0) is 13.8 Å². The van der Waals surface area contributed by atoms with Gasteiger partial charge in [0.2, 0.25) is 0 Å². The summed E-state index contributed by atoms with van der Waals surface area (Å²) >= 11 is 0. The smallest absolute Gasteiger partial charge is 0.129 e. The van der Waals surface area contributed by atoms with Gasteiger partial charge in [-0.1, -0.05) is 0 Å². The minimum Gasteiger partial charge on any atom is -0.396 e. The average molecular weight is 223 g/mol. The highest BCUT2D eigenvalue weighted by atomic mass is 16.5. The van der Waals surface area contributed by atoms with Crippen LogP contribution in [0.1, 0.15) is 11.5 Å². The van der Waals surface area contributed by atoms with Crippen molar-refractivity contribution in [3.63, 3.8) is 0 Å². The Morgan fingerprint density at radius 1 is 1.44 bits per heavy atom. The molecule has 5 nitrogen and oxygen atoms in total. The van der Waals surface area contributed by atoms with E-state index in [2.05, 4.69) is 15.3 Å². The van der Waals surface area contributed by atoms with Crippen molar-refractivity contribution in [1.82, 2.24) is 9.97 Å². The Bertz CT molecular complexity index is 352. The Balaban J connectivity index is 1.98. The van der Waals surface area contributed by atoms with Gasteiger partial charge in [0, 0.05) is 18.3 Å². The zero-order valence-corrected chi connectivity index (χ0v) is 9.66. The number of anilines is 1. The highest BCUT2D eigenvalue weighted by Crippen LogP contribution is 2.26. The number of aryl methyl sites for hydroxylation is 2. The molecule has 5 heteroatoms. The van der Waals surface area contributed by atoms with Gasteiger partial charge in [-0.3, -0.25) is 0 Å². The van der Waals surface area contributed by atoms with Crippen LogP contribution in [0.2, 0.25) is 0 Å². The molecule has 0 radical (unpaired) electrons. The van der Waals surface area contributed by atoms with Gasteiger partial charge >= 0.3 is 0 Å². The van der Waals surface area contributed by atoms with Crippen molar-refractivity contribution in [3.8, 4) is 0 Å². The maximum absolute atomic E-state index is 9.27. The van der Waals surface area contributed by atoms with Gasteiger partial charge in [0.05, 0.1) is 25.2 Å². The minimum atomic E-state index is -0.132. The first-order valence-corrected chi connectivity index (χ1v) is 5.38. The predicted octanol–water partition coefficient (Wildman–Crippen LogP) is 0.514. The SMILES string of the molecule is Cc1cc(NCC2(CO)COC2)nc(C)n1. The van der Waals surface area contributed by atoms with Gasteiger partial charge < -0.3 is 15.2 Å². The van der Waals surface area contributed by atoms with E-state index in [4.69, 9.17) is 4.74 Å². The highest BCUT2D eigenvalue weighted by molar-refractivity contribution is 5.36. The van der Waals surface area contributed by atoms with Crippen LogP contribution in [-0.2, 0) is 4.74 Å². The molecule has 2 heterocycles. The second-order valence-corrected chi connectivity index (χ2v) is 4.45. The number of aromatic nitrogens is 2. The molecule has 0 atom stereocenters. The minimum absolute atomic E-state index is 0.132. The molecular weight excluding hydrogens is 206 g/mol. The summed E-state index contributed by atoms with van der Waals surface area (Å²) in [6.07, 6.45) is 0. The van der Waals surface area contributed by atoms with Crippen molar-refractivity contribution in [2.75, 3.05) is 31.7 Å². The first-order chi connectivity index (χ1) is 7.63. The van der Waals surface area contributed by atoms with Gasteiger partial charge in [-0.25, -0.2) is 9.97 Å². The lowest BCUT2D eigenvalue weighted by Gasteiger charge is -2.39. The molecule has 0 spiro atoms. The lowest BCUT2D eigenvalue weighted by Crippen LogP contribution is -2.50. The fourth-order valence-corrected chi connectivity index (χ4v) is 1.73. The third kappa shape index (κ3) is 2.31. The van der Waals surface area contributed by atoms with Crippen molar-refractivity contribution in [1.29, 1.82) is 0 Å². The molecule has 2 rings (SSSR count). The molecular formula is C11H17N3O2. The number of hydrogen-bond acceptors (Lipinski definition) is 5. The molecule has 0 aromatic carbocycles. The molecule has 0 amide bonds. The summed E-state index contributed by atoms with van der Waals surface area (Å²) in [6.45, 7) is 5.85. The van der Waals surface area contributed by atoms with E-state index in [1.54, 1.807) is 0 Å². The van der Waals surface area contributed by atoms with Crippen LogP contribution in [0.3, 0.4) is 0 Å². The van der Waals surface area contributed by atoms with Crippen molar-refractivity contribution in [2.45, 2.75) is 13.8 Å². The summed E-state index contributed by atoms with van der Waals surface area (Å²) in [5, 5.41) is 12.5. The van der Waals surface area contributed by atoms with E-state index in [1.165, 1.54) is 0 Å². The van der Waals surface area contributed by atoms with E-state index in [-0.39, 0.29) is 12.0 Å². The zero-order chi connectivity index (χ0) is 11.6. The Morgan fingerprint density at radius 2 is 2.19 bits per heavy atom. The Kier molecular flexibility index (Phi) is 3.07.